The van der Waals surface area contributed by atoms with Crippen LogP contribution in [0.1, 0.15) is 24.8 Å². The predicted molar refractivity (Wildman–Crippen MR) is 71.4 cm³/mol. The van der Waals surface area contributed by atoms with E-state index in [0.29, 0.717) is 11.4 Å². The number of carbonyl (C=O) groups is 1. The second-order valence-electron chi connectivity index (χ2n) is 4.10. The molecule has 1 aromatic carbocycles. The lowest BCUT2D eigenvalue weighted by atomic mass is 9.96. The van der Waals surface area contributed by atoms with Gasteiger partial charge >= 0.3 is 5.97 Å². The molecule has 1 unspecified atom stereocenters. The van der Waals surface area contributed by atoms with E-state index in [4.69, 9.17) is 16.7 Å². The maximum atomic E-state index is 11.1. The molecule has 2 rings (SSSR count). The van der Waals surface area contributed by atoms with E-state index in [-0.39, 0.29) is 0 Å². The van der Waals surface area contributed by atoms with E-state index in [1.807, 2.05) is 48.1 Å². The zero-order valence-corrected chi connectivity index (χ0v) is 10.8. The minimum atomic E-state index is -0.817. The third-order valence-electron chi connectivity index (χ3n) is 2.96. The minimum Gasteiger partial charge on any atom is -0.481 e. The summed E-state index contributed by atoms with van der Waals surface area (Å²) in [4.78, 5) is 11.1. The van der Waals surface area contributed by atoms with Crippen LogP contribution in [0.2, 0.25) is 5.02 Å². The molecule has 2 aromatic rings. The van der Waals surface area contributed by atoms with Crippen molar-refractivity contribution in [2.75, 3.05) is 0 Å². The third-order valence-corrected chi connectivity index (χ3v) is 3.27. The van der Waals surface area contributed by atoms with Crippen LogP contribution in [0.5, 0.6) is 0 Å². The molecule has 1 aromatic heterocycles. The van der Waals surface area contributed by atoms with Crippen LogP contribution in [0.4, 0.5) is 0 Å². The molecule has 1 N–H and O–H groups in total. The molecule has 0 spiro atoms. The van der Waals surface area contributed by atoms with Gasteiger partial charge in [-0.25, -0.2) is 0 Å². The average Bonchev–Trinajstić information content (AvgIpc) is 2.83. The fourth-order valence-electron chi connectivity index (χ4n) is 2.00. The van der Waals surface area contributed by atoms with Crippen LogP contribution in [0.25, 0.3) is 5.69 Å². The Morgan fingerprint density at radius 2 is 2.06 bits per heavy atom. The molecule has 0 saturated heterocycles. The lowest BCUT2D eigenvalue weighted by Gasteiger charge is -2.13. The van der Waals surface area contributed by atoms with Crippen LogP contribution in [0, 0.1) is 0 Å². The van der Waals surface area contributed by atoms with Crippen molar-refractivity contribution < 1.29 is 9.90 Å². The van der Waals surface area contributed by atoms with Gasteiger partial charge in [-0.3, -0.25) is 4.79 Å². The van der Waals surface area contributed by atoms with Gasteiger partial charge in [0.1, 0.15) is 0 Å². The van der Waals surface area contributed by atoms with E-state index < -0.39 is 11.9 Å². The van der Waals surface area contributed by atoms with E-state index in [1.165, 1.54) is 0 Å². The van der Waals surface area contributed by atoms with Crippen molar-refractivity contribution in [3.05, 3.63) is 53.3 Å². The molecule has 0 aliphatic carbocycles. The second kappa shape index (κ2) is 5.27. The van der Waals surface area contributed by atoms with Crippen LogP contribution in [-0.4, -0.2) is 15.6 Å². The number of carboxylic acids is 1. The van der Waals surface area contributed by atoms with Gasteiger partial charge in [-0.2, -0.15) is 0 Å². The van der Waals surface area contributed by atoms with E-state index in [9.17, 15) is 4.79 Å². The number of hydrogen-bond acceptors (Lipinski definition) is 1. The number of halogens is 1. The van der Waals surface area contributed by atoms with Crippen LogP contribution in [0.15, 0.2) is 42.7 Å². The van der Waals surface area contributed by atoms with E-state index >= 15 is 0 Å². The van der Waals surface area contributed by atoms with Crippen molar-refractivity contribution in [2.24, 2.45) is 0 Å². The van der Waals surface area contributed by atoms with E-state index in [0.717, 1.165) is 11.3 Å². The number of benzene rings is 1. The Morgan fingerprint density at radius 3 is 2.56 bits per heavy atom. The monoisotopic (exact) mass is 263 g/mol. The van der Waals surface area contributed by atoms with Crippen molar-refractivity contribution in [3.63, 3.8) is 0 Å². The Morgan fingerprint density at radius 1 is 1.39 bits per heavy atom. The quantitative estimate of drug-likeness (QED) is 0.914. The number of nitrogens with zero attached hydrogens (tertiary/aromatic N) is 1. The molecular formula is C14H14ClNO2. The van der Waals surface area contributed by atoms with Gasteiger partial charge in [0, 0.05) is 12.4 Å². The summed E-state index contributed by atoms with van der Waals surface area (Å²) >= 11 is 6.21. The maximum Gasteiger partial charge on any atom is 0.310 e. The van der Waals surface area contributed by atoms with Gasteiger partial charge in [0.05, 0.1) is 16.6 Å². The zero-order chi connectivity index (χ0) is 13.1. The lowest BCUT2D eigenvalue weighted by Crippen LogP contribution is -2.10. The Bertz CT molecular complexity index is 549. The van der Waals surface area contributed by atoms with Crippen molar-refractivity contribution in [1.29, 1.82) is 0 Å². The summed E-state index contributed by atoms with van der Waals surface area (Å²) in [7, 11) is 0. The van der Waals surface area contributed by atoms with Gasteiger partial charge in [-0.05, 0) is 36.2 Å². The van der Waals surface area contributed by atoms with Gasteiger partial charge < -0.3 is 9.67 Å². The molecule has 0 radical (unpaired) electrons. The van der Waals surface area contributed by atoms with Gasteiger partial charge in [0.2, 0.25) is 0 Å². The van der Waals surface area contributed by atoms with Gasteiger partial charge in [0.15, 0.2) is 0 Å². The molecule has 0 amide bonds. The molecule has 4 heteroatoms. The van der Waals surface area contributed by atoms with Crippen LogP contribution in [0.3, 0.4) is 0 Å². The van der Waals surface area contributed by atoms with Crippen molar-refractivity contribution in [1.82, 2.24) is 4.57 Å². The lowest BCUT2D eigenvalue weighted by molar-refractivity contribution is -0.138. The summed E-state index contributed by atoms with van der Waals surface area (Å²) in [6, 6.07) is 9.23. The molecular weight excluding hydrogens is 250 g/mol. The highest BCUT2D eigenvalue weighted by Gasteiger charge is 2.18. The largest absolute Gasteiger partial charge is 0.481 e. The molecule has 0 fully saturated rings. The number of aromatic nitrogens is 1. The Balaban J connectivity index is 2.39. The summed E-state index contributed by atoms with van der Waals surface area (Å²) in [5.74, 6) is -1.32. The van der Waals surface area contributed by atoms with Crippen LogP contribution >= 0.6 is 11.6 Å². The Hall–Kier alpha value is -1.74. The highest BCUT2D eigenvalue weighted by atomic mass is 35.5. The van der Waals surface area contributed by atoms with Crippen molar-refractivity contribution in [3.8, 4) is 5.69 Å². The topological polar surface area (TPSA) is 42.2 Å². The zero-order valence-electron chi connectivity index (χ0n) is 10.0. The third kappa shape index (κ3) is 2.41. The summed E-state index contributed by atoms with van der Waals surface area (Å²) < 4.78 is 1.90. The molecule has 1 heterocycles. The molecule has 0 aliphatic heterocycles. The first-order valence-corrected chi connectivity index (χ1v) is 6.17. The fourth-order valence-corrected chi connectivity index (χ4v) is 2.28. The first-order chi connectivity index (χ1) is 8.63. The fraction of sp³-hybridized carbons (Fsp3) is 0.214. The number of rotatable bonds is 4. The molecule has 0 bridgehead atoms. The number of carboxylic acid groups (broad SMARTS) is 1. The summed E-state index contributed by atoms with van der Waals surface area (Å²) in [5.41, 5.74) is 1.59. The highest BCUT2D eigenvalue weighted by Crippen LogP contribution is 2.27. The van der Waals surface area contributed by atoms with Crippen molar-refractivity contribution >= 4 is 17.6 Å². The smallest absolute Gasteiger partial charge is 0.310 e. The summed E-state index contributed by atoms with van der Waals surface area (Å²) in [6.07, 6.45) is 4.35. The first-order valence-electron chi connectivity index (χ1n) is 5.79. The molecule has 1 atom stereocenters. The predicted octanol–water partition coefficient (Wildman–Crippen LogP) is 3.71. The van der Waals surface area contributed by atoms with Crippen LogP contribution < -0.4 is 0 Å². The van der Waals surface area contributed by atoms with Gasteiger partial charge in [0.25, 0.3) is 0 Å². The maximum absolute atomic E-state index is 11.1. The molecule has 94 valence electrons. The molecule has 18 heavy (non-hydrogen) atoms. The molecule has 3 nitrogen and oxygen atoms in total. The summed E-state index contributed by atoms with van der Waals surface area (Å²) in [5, 5.41) is 9.68. The minimum absolute atomic E-state index is 0.499. The second-order valence-corrected chi connectivity index (χ2v) is 4.51. The average molecular weight is 264 g/mol. The highest BCUT2D eigenvalue weighted by molar-refractivity contribution is 6.32. The summed E-state index contributed by atoms with van der Waals surface area (Å²) in [6.45, 7) is 1.85. The molecule has 0 aliphatic rings. The Kier molecular flexibility index (Phi) is 3.72. The number of aliphatic carboxylic acids is 1. The molecule has 0 saturated carbocycles. The van der Waals surface area contributed by atoms with E-state index in [2.05, 4.69) is 0 Å². The van der Waals surface area contributed by atoms with Gasteiger partial charge in [-0.1, -0.05) is 24.6 Å². The van der Waals surface area contributed by atoms with Crippen LogP contribution in [-0.2, 0) is 4.79 Å². The van der Waals surface area contributed by atoms with Gasteiger partial charge in [-0.15, -0.1) is 0 Å². The van der Waals surface area contributed by atoms with Crippen molar-refractivity contribution in [2.45, 2.75) is 19.3 Å². The SMILES string of the molecule is CCC(C(=O)O)c1ccc(-n2cccc2)c(Cl)c1. The number of hydrogen-bond donors (Lipinski definition) is 1. The normalized spacial score (nSPS) is 12.3. The Labute approximate surface area is 111 Å². The first kappa shape index (κ1) is 12.7. The van der Waals surface area contributed by atoms with E-state index in [1.54, 1.807) is 6.07 Å². The standard InChI is InChI=1S/C14H14ClNO2/c1-2-11(14(17)18)10-5-6-13(12(15)9-10)16-7-3-4-8-16/h3-9,11H,2H2,1H3,(H,17,18).